The van der Waals surface area contributed by atoms with Crippen LogP contribution in [0.4, 0.5) is 0 Å². The van der Waals surface area contributed by atoms with E-state index in [1.807, 2.05) is 75.9 Å². The Morgan fingerprint density at radius 2 is 1.69 bits per heavy atom. The van der Waals surface area contributed by atoms with E-state index in [1.54, 1.807) is 7.11 Å². The average molecular weight is 582 g/mol. The summed E-state index contributed by atoms with van der Waals surface area (Å²) >= 11 is 1.38. The van der Waals surface area contributed by atoms with Gasteiger partial charge in [0.15, 0.2) is 11.0 Å². The van der Waals surface area contributed by atoms with E-state index in [9.17, 15) is 9.59 Å². The van der Waals surface area contributed by atoms with Crippen LogP contribution >= 0.6 is 11.8 Å². The second kappa shape index (κ2) is 12.0. The summed E-state index contributed by atoms with van der Waals surface area (Å²) in [6.07, 6.45) is 0.908. The van der Waals surface area contributed by atoms with Gasteiger partial charge in [-0.2, -0.15) is 0 Å². The Hall–Kier alpha value is -4.11. The van der Waals surface area contributed by atoms with Gasteiger partial charge < -0.3 is 14.5 Å². The predicted molar refractivity (Wildman–Crippen MR) is 164 cm³/mol. The fourth-order valence-electron chi connectivity index (χ4n) is 5.70. The van der Waals surface area contributed by atoms with Crippen molar-refractivity contribution in [2.75, 3.05) is 32.5 Å². The summed E-state index contributed by atoms with van der Waals surface area (Å²) in [4.78, 5) is 30.5. The van der Waals surface area contributed by atoms with Crippen LogP contribution < -0.4 is 4.74 Å². The van der Waals surface area contributed by atoms with Gasteiger partial charge in [0.05, 0.1) is 12.9 Å². The number of carbonyl (C=O) groups is 2. The summed E-state index contributed by atoms with van der Waals surface area (Å²) in [5, 5.41) is 9.63. The number of aryl methyl sites for hydroxylation is 1. The Labute approximate surface area is 250 Å². The minimum absolute atomic E-state index is 0.0201. The number of aromatic nitrogens is 3. The van der Waals surface area contributed by atoms with Crippen LogP contribution in [0.3, 0.4) is 0 Å². The second-order valence-corrected chi connectivity index (χ2v) is 12.0. The van der Waals surface area contributed by atoms with E-state index >= 15 is 0 Å². The summed E-state index contributed by atoms with van der Waals surface area (Å²) < 4.78 is 7.33. The smallest absolute Gasteiger partial charge is 0.233 e. The summed E-state index contributed by atoms with van der Waals surface area (Å²) in [6, 6.07) is 26.2. The minimum Gasteiger partial charge on any atom is -0.497 e. The first-order valence-corrected chi connectivity index (χ1v) is 15.3. The summed E-state index contributed by atoms with van der Waals surface area (Å²) in [6.45, 7) is 5.73. The summed E-state index contributed by atoms with van der Waals surface area (Å²) in [5.74, 6) is 2.33. The van der Waals surface area contributed by atoms with E-state index in [-0.39, 0.29) is 29.5 Å². The van der Waals surface area contributed by atoms with Crippen LogP contribution in [0.25, 0.3) is 17.1 Å². The van der Waals surface area contributed by atoms with E-state index in [0.717, 1.165) is 23.4 Å². The van der Waals surface area contributed by atoms with Crippen molar-refractivity contribution < 1.29 is 14.3 Å². The number of rotatable bonds is 8. The van der Waals surface area contributed by atoms with Crippen molar-refractivity contribution >= 4 is 23.6 Å². The van der Waals surface area contributed by atoms with Crippen molar-refractivity contribution in [3.8, 4) is 22.8 Å². The third kappa shape index (κ3) is 5.79. The van der Waals surface area contributed by atoms with Gasteiger partial charge in [-0.1, -0.05) is 71.9 Å². The Balaban J connectivity index is 1.11. The van der Waals surface area contributed by atoms with Crippen LogP contribution in [0.1, 0.15) is 30.4 Å². The largest absolute Gasteiger partial charge is 0.497 e. The van der Waals surface area contributed by atoms with Gasteiger partial charge in [-0.25, -0.2) is 0 Å². The number of amides is 2. The first-order chi connectivity index (χ1) is 20.4. The highest BCUT2D eigenvalue weighted by molar-refractivity contribution is 7.99. The lowest BCUT2D eigenvalue weighted by Gasteiger charge is -2.40. The molecule has 3 aromatic carbocycles. The minimum atomic E-state index is -0.0201. The van der Waals surface area contributed by atoms with E-state index in [4.69, 9.17) is 4.74 Å². The highest BCUT2D eigenvalue weighted by Gasteiger charge is 2.47. The number of hydrogen-bond acceptors (Lipinski definition) is 6. The molecule has 9 heteroatoms. The van der Waals surface area contributed by atoms with Gasteiger partial charge >= 0.3 is 0 Å². The third-order valence-corrected chi connectivity index (χ3v) is 9.11. The molecular formula is C33H35N5O3S. The molecule has 1 saturated heterocycles. The van der Waals surface area contributed by atoms with Crippen molar-refractivity contribution in [2.24, 2.45) is 5.92 Å². The molecule has 2 fully saturated rings. The Kier molecular flexibility index (Phi) is 8.02. The number of carbonyl (C=O) groups excluding carboxylic acids is 2. The molecule has 8 nitrogen and oxygen atoms in total. The molecule has 6 rings (SSSR count). The first kappa shape index (κ1) is 28.0. The molecule has 42 heavy (non-hydrogen) atoms. The third-order valence-electron chi connectivity index (χ3n) is 8.20. The molecular weight excluding hydrogens is 546 g/mol. The maximum atomic E-state index is 13.4. The molecule has 3 unspecified atom stereocenters. The van der Waals surface area contributed by atoms with Gasteiger partial charge in [0, 0.05) is 42.8 Å². The van der Waals surface area contributed by atoms with Crippen LogP contribution in [0.5, 0.6) is 5.75 Å². The fourth-order valence-corrected chi connectivity index (χ4v) is 6.55. The first-order valence-electron chi connectivity index (χ1n) is 14.4. The number of thioether (sulfide) groups is 1. The molecule has 0 radical (unpaired) electrons. The number of methoxy groups -OCH3 is 1. The van der Waals surface area contributed by atoms with Crippen molar-refractivity contribution in [1.29, 1.82) is 0 Å². The van der Waals surface area contributed by atoms with Gasteiger partial charge in [-0.3, -0.25) is 14.2 Å². The SMILES string of the molecule is COc1ccc(-n2c(SCC(=O)N3CCN(C(=O)C4CC4c4ccccc4)C(C)C3)nnc2-c2ccc(C)cc2)cc1. The molecule has 1 aliphatic heterocycles. The molecule has 2 heterocycles. The van der Waals surface area contributed by atoms with Crippen LogP contribution in [-0.4, -0.2) is 74.9 Å². The van der Waals surface area contributed by atoms with Gasteiger partial charge in [-0.05, 0) is 56.0 Å². The van der Waals surface area contributed by atoms with Crippen LogP contribution in [0, 0.1) is 12.8 Å². The molecule has 0 spiro atoms. The van der Waals surface area contributed by atoms with Crippen molar-refractivity contribution in [2.45, 2.75) is 37.4 Å². The zero-order valence-corrected chi connectivity index (χ0v) is 25.0. The molecule has 4 aromatic rings. The molecule has 0 N–H and O–H groups in total. The quantitative estimate of drug-likeness (QED) is 0.266. The number of hydrogen-bond donors (Lipinski definition) is 0. The van der Waals surface area contributed by atoms with Gasteiger partial charge in [0.2, 0.25) is 11.8 Å². The Morgan fingerprint density at radius 1 is 0.952 bits per heavy atom. The summed E-state index contributed by atoms with van der Waals surface area (Å²) in [7, 11) is 1.64. The van der Waals surface area contributed by atoms with Crippen LogP contribution in [-0.2, 0) is 9.59 Å². The molecule has 216 valence electrons. The number of nitrogens with zero attached hydrogens (tertiary/aromatic N) is 5. The fraction of sp³-hybridized carbons (Fsp3) is 0.333. The van der Waals surface area contributed by atoms with E-state index in [0.29, 0.717) is 36.5 Å². The number of piperazine rings is 1. The predicted octanol–water partition coefficient (Wildman–Crippen LogP) is 5.21. The van der Waals surface area contributed by atoms with Crippen LogP contribution in [0.2, 0.25) is 0 Å². The monoisotopic (exact) mass is 581 g/mol. The van der Waals surface area contributed by atoms with Gasteiger partial charge in [-0.15, -0.1) is 10.2 Å². The summed E-state index contributed by atoms with van der Waals surface area (Å²) in [5.41, 5.74) is 4.24. The molecule has 1 aliphatic carbocycles. The van der Waals surface area contributed by atoms with E-state index in [1.165, 1.54) is 22.9 Å². The van der Waals surface area contributed by atoms with E-state index in [2.05, 4.69) is 41.4 Å². The molecule has 2 amide bonds. The normalized spacial score (nSPS) is 19.9. The highest BCUT2D eigenvalue weighted by atomic mass is 32.2. The molecule has 2 aliphatic rings. The maximum Gasteiger partial charge on any atom is 0.233 e. The second-order valence-electron chi connectivity index (χ2n) is 11.1. The molecule has 3 atom stereocenters. The van der Waals surface area contributed by atoms with Gasteiger partial charge in [0.1, 0.15) is 5.75 Å². The maximum absolute atomic E-state index is 13.4. The van der Waals surface area contributed by atoms with Gasteiger partial charge in [0.25, 0.3) is 0 Å². The lowest BCUT2D eigenvalue weighted by atomic mass is 10.1. The molecule has 0 bridgehead atoms. The Morgan fingerprint density at radius 3 is 2.38 bits per heavy atom. The lowest BCUT2D eigenvalue weighted by Crippen LogP contribution is -2.56. The van der Waals surface area contributed by atoms with Crippen LogP contribution in [0.15, 0.2) is 84.0 Å². The zero-order chi connectivity index (χ0) is 29.2. The van der Waals surface area contributed by atoms with Crippen molar-refractivity contribution in [3.05, 3.63) is 90.0 Å². The van der Waals surface area contributed by atoms with Crippen molar-refractivity contribution in [1.82, 2.24) is 24.6 Å². The molecule has 1 aromatic heterocycles. The standard InChI is InChI=1S/C33H35N5O3S/c1-22-9-11-25(12-10-22)31-34-35-33(38(31)26-13-15-27(41-3)16-14-26)42-21-30(39)36-17-18-37(23(2)20-36)32(40)29-19-28(29)24-7-5-4-6-8-24/h4-16,23,28-29H,17-21H2,1-3H3. The number of ether oxygens (including phenoxy) is 1. The van der Waals surface area contributed by atoms with Crippen molar-refractivity contribution in [3.63, 3.8) is 0 Å². The topological polar surface area (TPSA) is 80.6 Å². The highest BCUT2D eigenvalue weighted by Crippen LogP contribution is 2.48. The molecule has 1 saturated carbocycles. The van der Waals surface area contributed by atoms with E-state index < -0.39 is 0 Å². The lowest BCUT2D eigenvalue weighted by molar-refractivity contribution is -0.142. The average Bonchev–Trinajstić information content (AvgIpc) is 3.72. The zero-order valence-electron chi connectivity index (χ0n) is 24.1. The Bertz CT molecular complexity index is 1560. The number of benzene rings is 3.